The van der Waals surface area contributed by atoms with E-state index in [0.717, 1.165) is 10.2 Å². The van der Waals surface area contributed by atoms with Crippen LogP contribution < -0.4 is 10.6 Å². The molecule has 0 fully saturated rings. The van der Waals surface area contributed by atoms with Gasteiger partial charge in [0.05, 0.1) is 17.3 Å². The number of nitrogens with zero attached hydrogens (tertiary/aromatic N) is 2. The van der Waals surface area contributed by atoms with Crippen LogP contribution in [0, 0.1) is 11.3 Å². The number of halogens is 1. The quantitative estimate of drug-likeness (QED) is 0.673. The molecule has 1 amide bonds. The number of aromatic nitrogens is 1. The summed E-state index contributed by atoms with van der Waals surface area (Å²) in [6, 6.07) is 19.8. The fraction of sp³-hybridized carbons (Fsp3) is 0. The highest BCUT2D eigenvalue weighted by Gasteiger charge is 2.09. The Kier molecular flexibility index (Phi) is 5.07. The number of nitrogens with one attached hydrogen (secondary N) is 2. The number of hydrogen-bond acceptors (Lipinski definition) is 4. The lowest BCUT2D eigenvalue weighted by Crippen LogP contribution is -2.12. The van der Waals surface area contributed by atoms with Crippen LogP contribution in [0.25, 0.3) is 0 Å². The minimum absolute atomic E-state index is 0.225. The number of carbonyl (C=O) groups excluding carboxylic acids is 1. The lowest BCUT2D eigenvalue weighted by Gasteiger charge is -2.09. The highest BCUT2D eigenvalue weighted by atomic mass is 79.9. The van der Waals surface area contributed by atoms with E-state index in [1.807, 2.05) is 24.3 Å². The van der Waals surface area contributed by atoms with Crippen molar-refractivity contribution in [1.29, 1.82) is 5.26 Å². The fourth-order valence-corrected chi connectivity index (χ4v) is 2.56. The predicted octanol–water partition coefficient (Wildman–Crippen LogP) is 4.71. The molecule has 122 valence electrons. The number of anilines is 3. The van der Waals surface area contributed by atoms with Crippen molar-refractivity contribution in [2.24, 2.45) is 0 Å². The molecule has 5 nitrogen and oxygen atoms in total. The molecule has 0 atom stereocenters. The minimum atomic E-state index is -0.225. The zero-order valence-corrected chi connectivity index (χ0v) is 14.6. The summed E-state index contributed by atoms with van der Waals surface area (Å²) < 4.78 is 0.813. The number of carbonyl (C=O) groups is 1. The second-order valence-electron chi connectivity index (χ2n) is 5.18. The predicted molar refractivity (Wildman–Crippen MR) is 101 cm³/mol. The van der Waals surface area contributed by atoms with Gasteiger partial charge in [0.15, 0.2) is 0 Å². The van der Waals surface area contributed by atoms with Crippen LogP contribution in [0.2, 0.25) is 0 Å². The number of rotatable bonds is 4. The van der Waals surface area contributed by atoms with Crippen LogP contribution in [0.1, 0.15) is 15.9 Å². The maximum Gasteiger partial charge on any atom is 0.255 e. The first-order valence-corrected chi connectivity index (χ1v) is 8.24. The highest BCUT2D eigenvalue weighted by molar-refractivity contribution is 9.10. The largest absolute Gasteiger partial charge is 0.340 e. The first-order chi connectivity index (χ1) is 12.2. The Bertz CT molecular complexity index is 948. The van der Waals surface area contributed by atoms with E-state index in [4.69, 9.17) is 5.26 Å². The Morgan fingerprint density at radius 2 is 1.84 bits per heavy atom. The first-order valence-electron chi connectivity index (χ1n) is 7.45. The molecule has 3 rings (SSSR count). The molecule has 3 aromatic rings. The van der Waals surface area contributed by atoms with Crippen LogP contribution in [0.4, 0.5) is 17.2 Å². The second kappa shape index (κ2) is 7.60. The van der Waals surface area contributed by atoms with Crippen LogP contribution in [0.5, 0.6) is 0 Å². The summed E-state index contributed by atoms with van der Waals surface area (Å²) in [5.74, 6) is 0.321. The van der Waals surface area contributed by atoms with E-state index in [9.17, 15) is 4.79 Å². The summed E-state index contributed by atoms with van der Waals surface area (Å²) in [4.78, 5) is 16.6. The van der Waals surface area contributed by atoms with Crippen molar-refractivity contribution in [2.45, 2.75) is 0 Å². The Labute approximate surface area is 153 Å². The Morgan fingerprint density at radius 3 is 2.56 bits per heavy atom. The Hall–Kier alpha value is -3.17. The maximum absolute atomic E-state index is 12.4. The maximum atomic E-state index is 12.4. The van der Waals surface area contributed by atoms with Crippen LogP contribution in [0.3, 0.4) is 0 Å². The number of nitriles is 1. The summed E-state index contributed by atoms with van der Waals surface area (Å²) in [7, 11) is 0. The molecule has 0 bridgehead atoms. The molecule has 0 saturated heterocycles. The Morgan fingerprint density at radius 1 is 1.08 bits per heavy atom. The van der Waals surface area contributed by atoms with Crippen LogP contribution in [-0.2, 0) is 0 Å². The van der Waals surface area contributed by atoms with Gasteiger partial charge < -0.3 is 10.6 Å². The van der Waals surface area contributed by atoms with E-state index in [0.29, 0.717) is 22.6 Å². The SMILES string of the molecule is N#Cc1ccc(Nc2cc(C(=O)Nc3ccccc3Br)ccn2)cc1. The van der Waals surface area contributed by atoms with Gasteiger partial charge in [-0.2, -0.15) is 5.26 Å². The van der Waals surface area contributed by atoms with Crippen LogP contribution in [-0.4, -0.2) is 10.9 Å². The molecular weight excluding hydrogens is 380 g/mol. The van der Waals surface area contributed by atoms with Crippen molar-refractivity contribution in [1.82, 2.24) is 4.98 Å². The fourth-order valence-electron chi connectivity index (χ4n) is 2.17. The Balaban J connectivity index is 1.75. The zero-order valence-electron chi connectivity index (χ0n) is 13.0. The summed E-state index contributed by atoms with van der Waals surface area (Å²) in [5.41, 5.74) is 2.56. The first kappa shape index (κ1) is 16.7. The van der Waals surface area contributed by atoms with Crippen LogP contribution in [0.15, 0.2) is 71.3 Å². The smallest absolute Gasteiger partial charge is 0.255 e. The molecule has 2 aromatic carbocycles. The monoisotopic (exact) mass is 392 g/mol. The molecule has 6 heteroatoms. The number of para-hydroxylation sites is 1. The van der Waals surface area contributed by atoms with E-state index in [1.165, 1.54) is 0 Å². The lowest BCUT2D eigenvalue weighted by molar-refractivity contribution is 0.102. The second-order valence-corrected chi connectivity index (χ2v) is 6.03. The van der Waals surface area contributed by atoms with Gasteiger partial charge in [-0.25, -0.2) is 4.98 Å². The molecule has 0 aliphatic carbocycles. The van der Waals surface area contributed by atoms with Gasteiger partial charge in [-0.1, -0.05) is 12.1 Å². The van der Waals surface area contributed by atoms with Crippen LogP contribution >= 0.6 is 15.9 Å². The summed E-state index contributed by atoms with van der Waals surface area (Å²) in [5, 5.41) is 14.8. The van der Waals surface area contributed by atoms with Crippen molar-refractivity contribution >= 4 is 39.0 Å². The van der Waals surface area contributed by atoms with E-state index in [1.54, 1.807) is 42.6 Å². The molecule has 1 aromatic heterocycles. The molecule has 0 unspecified atom stereocenters. The normalized spacial score (nSPS) is 9.92. The van der Waals surface area contributed by atoms with Crippen molar-refractivity contribution in [3.8, 4) is 6.07 Å². The standard InChI is InChI=1S/C19H13BrN4O/c20-16-3-1-2-4-17(16)24-19(25)14-9-10-22-18(11-14)23-15-7-5-13(12-21)6-8-15/h1-11H,(H,22,23)(H,24,25). The summed E-state index contributed by atoms with van der Waals surface area (Å²) >= 11 is 3.41. The van der Waals surface area contributed by atoms with Gasteiger partial charge >= 0.3 is 0 Å². The third-order valence-corrected chi connectivity index (χ3v) is 4.12. The topological polar surface area (TPSA) is 77.8 Å². The molecule has 0 aliphatic rings. The highest BCUT2D eigenvalue weighted by Crippen LogP contribution is 2.22. The van der Waals surface area contributed by atoms with Gasteiger partial charge in [0.2, 0.25) is 0 Å². The number of amides is 1. The molecular formula is C19H13BrN4O. The van der Waals surface area contributed by atoms with E-state index >= 15 is 0 Å². The van der Waals surface area contributed by atoms with Gasteiger partial charge in [-0.15, -0.1) is 0 Å². The molecule has 0 aliphatic heterocycles. The zero-order chi connectivity index (χ0) is 17.6. The molecule has 0 saturated carbocycles. The third kappa shape index (κ3) is 4.22. The third-order valence-electron chi connectivity index (χ3n) is 3.43. The van der Waals surface area contributed by atoms with E-state index < -0.39 is 0 Å². The van der Waals surface area contributed by atoms with Gasteiger partial charge in [-0.3, -0.25) is 4.79 Å². The summed E-state index contributed by atoms with van der Waals surface area (Å²) in [6.07, 6.45) is 1.57. The molecule has 2 N–H and O–H groups in total. The van der Waals surface area contributed by atoms with Crippen molar-refractivity contribution in [2.75, 3.05) is 10.6 Å². The van der Waals surface area contributed by atoms with Crippen molar-refractivity contribution < 1.29 is 4.79 Å². The number of pyridine rings is 1. The molecule has 25 heavy (non-hydrogen) atoms. The number of hydrogen-bond donors (Lipinski definition) is 2. The van der Waals surface area contributed by atoms with Gasteiger partial charge in [0.1, 0.15) is 5.82 Å². The van der Waals surface area contributed by atoms with Gasteiger partial charge in [-0.05, 0) is 64.5 Å². The van der Waals surface area contributed by atoms with E-state index in [-0.39, 0.29) is 5.91 Å². The molecule has 0 spiro atoms. The summed E-state index contributed by atoms with van der Waals surface area (Å²) in [6.45, 7) is 0. The molecule has 0 radical (unpaired) electrons. The molecule has 1 heterocycles. The number of benzene rings is 2. The average molecular weight is 393 g/mol. The van der Waals surface area contributed by atoms with Crippen molar-refractivity contribution in [3.63, 3.8) is 0 Å². The van der Waals surface area contributed by atoms with Crippen molar-refractivity contribution in [3.05, 3.63) is 82.5 Å². The minimum Gasteiger partial charge on any atom is -0.340 e. The van der Waals surface area contributed by atoms with E-state index in [2.05, 4.69) is 37.6 Å². The van der Waals surface area contributed by atoms with Gasteiger partial charge in [0, 0.05) is 21.9 Å². The average Bonchev–Trinajstić information content (AvgIpc) is 2.64. The lowest BCUT2D eigenvalue weighted by atomic mass is 10.2. The van der Waals surface area contributed by atoms with Gasteiger partial charge in [0.25, 0.3) is 5.91 Å².